The Hall–Kier alpha value is -5.60. The first kappa shape index (κ1) is 44.8. The maximum Gasteiger partial charge on any atom is 0.524 e. The summed E-state index contributed by atoms with van der Waals surface area (Å²) in [5.41, 5.74) is 5.73. The summed E-state index contributed by atoms with van der Waals surface area (Å²) in [6.45, 7) is 2.69. The molecule has 2 fully saturated rings. The van der Waals surface area contributed by atoms with Crippen LogP contribution in [0.25, 0.3) is 0 Å². The van der Waals surface area contributed by atoms with Crippen LogP contribution in [0.2, 0.25) is 0 Å². The molecule has 0 aromatic heterocycles. The number of aliphatic carboxylic acids is 2. The van der Waals surface area contributed by atoms with Gasteiger partial charge in [-0.05, 0) is 56.7 Å². The Morgan fingerprint density at radius 3 is 1.91 bits per heavy atom. The minimum absolute atomic E-state index is 0.0560. The number of amides is 7. The third-order valence-electron chi connectivity index (χ3n) is 8.99. The first-order valence-electron chi connectivity index (χ1n) is 17.5. The van der Waals surface area contributed by atoms with Crippen molar-refractivity contribution in [1.29, 1.82) is 0 Å². The number of carbonyl (C=O) groups is 9. The van der Waals surface area contributed by atoms with Crippen LogP contribution in [0, 0.1) is 0 Å². The van der Waals surface area contributed by atoms with Gasteiger partial charge in [-0.25, -0.2) is 4.57 Å². The Kier molecular flexibility index (Phi) is 15.9. The van der Waals surface area contributed by atoms with E-state index in [-0.39, 0.29) is 30.8 Å². The first-order chi connectivity index (χ1) is 26.2. The predicted octanol–water partition coefficient (Wildman–Crippen LogP) is -2.51. The van der Waals surface area contributed by atoms with E-state index < -0.39 is 123 Å². The fourth-order valence-electron chi connectivity index (χ4n) is 6.39. The molecule has 0 saturated carbocycles. The summed E-state index contributed by atoms with van der Waals surface area (Å²) < 4.78 is 15.8. The Morgan fingerprint density at radius 1 is 0.804 bits per heavy atom. The van der Waals surface area contributed by atoms with Crippen molar-refractivity contribution in [3.05, 3.63) is 29.8 Å². The average molecular weight is 812 g/mol. The minimum atomic E-state index is -4.94. The molecule has 2 heterocycles. The fourth-order valence-corrected chi connectivity index (χ4v) is 6.79. The molecule has 2 aliphatic heterocycles. The highest BCUT2D eigenvalue weighted by molar-refractivity contribution is 7.46. The first-order valence-corrected chi connectivity index (χ1v) is 19.1. The molecular weight excluding hydrogens is 765 g/mol. The molecule has 22 nitrogen and oxygen atoms in total. The van der Waals surface area contributed by atoms with Crippen LogP contribution in [0.3, 0.4) is 0 Å². The zero-order valence-electron chi connectivity index (χ0n) is 30.5. The number of nitrogens with zero attached hydrogens (tertiary/aromatic N) is 2. The number of nitrogens with one attached hydrogen (secondary N) is 4. The molecular formula is C33H46N7O15P. The average Bonchev–Trinajstić information content (AvgIpc) is 3.79. The lowest BCUT2D eigenvalue weighted by atomic mass is 10.0. The molecule has 308 valence electrons. The maximum absolute atomic E-state index is 14.0. The van der Waals surface area contributed by atoms with Crippen LogP contribution < -0.4 is 31.5 Å². The lowest BCUT2D eigenvalue weighted by Gasteiger charge is -2.33. The number of likely N-dealkylation sites (tertiary alicyclic amines) is 2. The van der Waals surface area contributed by atoms with E-state index in [1.165, 1.54) is 28.9 Å². The van der Waals surface area contributed by atoms with Gasteiger partial charge >= 0.3 is 19.8 Å². The molecule has 0 bridgehead atoms. The second-order valence-electron chi connectivity index (χ2n) is 13.3. The zero-order chi connectivity index (χ0) is 41.9. The number of carboxylic acids is 2. The number of phosphoric acid groups is 1. The molecule has 0 spiro atoms. The smallest absolute Gasteiger partial charge is 0.481 e. The second kappa shape index (κ2) is 19.8. The Morgan fingerprint density at radius 2 is 1.36 bits per heavy atom. The van der Waals surface area contributed by atoms with Crippen molar-refractivity contribution in [3.8, 4) is 5.75 Å². The number of hydrogen-bond acceptors (Lipinski definition) is 11. The van der Waals surface area contributed by atoms with Crippen molar-refractivity contribution in [3.63, 3.8) is 0 Å². The van der Waals surface area contributed by atoms with Gasteiger partial charge in [0.05, 0.1) is 6.42 Å². The highest BCUT2D eigenvalue weighted by atomic mass is 31.2. The summed E-state index contributed by atoms with van der Waals surface area (Å²) in [6, 6.07) is -3.26. The van der Waals surface area contributed by atoms with Gasteiger partial charge < -0.3 is 51.5 Å². The largest absolute Gasteiger partial charge is 0.524 e. The number of hydrogen-bond donors (Lipinski definition) is 9. The number of primary amides is 1. The van der Waals surface area contributed by atoms with Crippen LogP contribution in [0.1, 0.15) is 64.4 Å². The van der Waals surface area contributed by atoms with E-state index in [0.29, 0.717) is 19.3 Å². The van der Waals surface area contributed by atoms with Gasteiger partial charge in [-0.3, -0.25) is 52.9 Å². The SMILES string of the molecule is CC(=O)N[C@@H](C)C(=O)N[C@@H](CC(=O)O)C(=O)N[C@@H](Cc1ccc(OP(=O)(O)O)cc1)C(=O)N[C@@H](CCC(=O)O)C(=O)N1CCC[C@H]1C(=O)N1CCC[C@H]1C(N)=O. The summed E-state index contributed by atoms with van der Waals surface area (Å²) >= 11 is 0. The van der Waals surface area contributed by atoms with Crippen molar-refractivity contribution >= 4 is 61.1 Å². The summed E-state index contributed by atoms with van der Waals surface area (Å²) in [5, 5.41) is 28.2. The Labute approximate surface area is 320 Å². The molecule has 2 saturated heterocycles. The molecule has 23 heteroatoms. The van der Waals surface area contributed by atoms with Crippen molar-refractivity contribution in [1.82, 2.24) is 31.1 Å². The molecule has 56 heavy (non-hydrogen) atoms. The molecule has 0 radical (unpaired) electrons. The van der Waals surface area contributed by atoms with Gasteiger partial charge in [0, 0.05) is 32.9 Å². The molecule has 0 aliphatic carbocycles. The molecule has 1 aromatic rings. The van der Waals surface area contributed by atoms with E-state index in [2.05, 4.69) is 25.8 Å². The fraction of sp³-hybridized carbons (Fsp3) is 0.545. The van der Waals surface area contributed by atoms with Crippen LogP contribution >= 0.6 is 7.82 Å². The van der Waals surface area contributed by atoms with E-state index >= 15 is 0 Å². The summed E-state index contributed by atoms with van der Waals surface area (Å²) in [6.07, 6.45) is -1.01. The van der Waals surface area contributed by atoms with E-state index in [1.807, 2.05) is 0 Å². The highest BCUT2D eigenvalue weighted by Gasteiger charge is 2.43. The lowest BCUT2D eigenvalue weighted by Crippen LogP contribution is -2.60. The van der Waals surface area contributed by atoms with E-state index in [9.17, 15) is 57.9 Å². The van der Waals surface area contributed by atoms with Crippen LogP contribution in [0.15, 0.2) is 24.3 Å². The second-order valence-corrected chi connectivity index (χ2v) is 14.5. The number of benzene rings is 1. The number of nitrogens with two attached hydrogens (primary N) is 1. The predicted molar refractivity (Wildman–Crippen MR) is 190 cm³/mol. The Balaban J connectivity index is 1.93. The van der Waals surface area contributed by atoms with Gasteiger partial charge in [0.2, 0.25) is 41.4 Å². The number of carbonyl (C=O) groups excluding carboxylic acids is 7. The van der Waals surface area contributed by atoms with Gasteiger partial charge in [-0.2, -0.15) is 0 Å². The van der Waals surface area contributed by atoms with Gasteiger partial charge in [-0.15, -0.1) is 0 Å². The Bertz CT molecular complexity index is 1740. The molecule has 10 N–H and O–H groups in total. The molecule has 0 unspecified atom stereocenters. The van der Waals surface area contributed by atoms with Gasteiger partial charge in [0.15, 0.2) is 0 Å². The zero-order valence-corrected chi connectivity index (χ0v) is 31.4. The monoisotopic (exact) mass is 811 g/mol. The molecule has 6 atom stereocenters. The number of carboxylic acid groups (broad SMARTS) is 2. The van der Waals surface area contributed by atoms with Crippen molar-refractivity contribution in [2.45, 2.75) is 101 Å². The quantitative estimate of drug-likeness (QED) is 0.0652. The third-order valence-corrected chi connectivity index (χ3v) is 9.44. The molecule has 2 aliphatic rings. The number of phosphoric ester groups is 1. The number of rotatable bonds is 19. The summed E-state index contributed by atoms with van der Waals surface area (Å²) in [5.74, 6) is -8.94. The maximum atomic E-state index is 14.0. The van der Waals surface area contributed by atoms with E-state index in [1.54, 1.807) is 0 Å². The van der Waals surface area contributed by atoms with Crippen molar-refractivity contribution < 1.29 is 72.2 Å². The summed E-state index contributed by atoms with van der Waals surface area (Å²) in [4.78, 5) is 135. The van der Waals surface area contributed by atoms with Crippen LogP contribution in [-0.2, 0) is 54.1 Å². The summed E-state index contributed by atoms with van der Waals surface area (Å²) in [7, 11) is -4.94. The molecule has 7 amide bonds. The lowest BCUT2D eigenvalue weighted by molar-refractivity contribution is -0.148. The van der Waals surface area contributed by atoms with Crippen LogP contribution in [0.5, 0.6) is 5.75 Å². The normalized spacial score (nSPS) is 18.8. The van der Waals surface area contributed by atoms with Gasteiger partial charge in [0.1, 0.15) is 42.0 Å². The molecule has 3 rings (SSSR count). The van der Waals surface area contributed by atoms with Gasteiger partial charge in [-0.1, -0.05) is 12.1 Å². The van der Waals surface area contributed by atoms with Gasteiger partial charge in [0.25, 0.3) is 0 Å². The highest BCUT2D eigenvalue weighted by Crippen LogP contribution is 2.37. The van der Waals surface area contributed by atoms with Crippen molar-refractivity contribution in [2.75, 3.05) is 13.1 Å². The van der Waals surface area contributed by atoms with Crippen LogP contribution in [0.4, 0.5) is 0 Å². The van der Waals surface area contributed by atoms with E-state index in [4.69, 9.17) is 15.5 Å². The van der Waals surface area contributed by atoms with Crippen LogP contribution in [-0.4, -0.2) is 132 Å². The minimum Gasteiger partial charge on any atom is -0.481 e. The van der Waals surface area contributed by atoms with E-state index in [0.717, 1.165) is 19.1 Å². The molecule has 1 aromatic carbocycles. The topological polar surface area (TPSA) is 341 Å². The third kappa shape index (κ3) is 13.3. The van der Waals surface area contributed by atoms with Crippen molar-refractivity contribution in [2.24, 2.45) is 5.73 Å². The standard InChI is InChI=1S/C33H46N7O15P/c1-17(35-18(2)41)29(47)37-23(16-27(44)45)31(49)38-22(15-19-7-9-20(10-8-19)55-56(52,53)54)30(48)36-21(11-12-26(42)43)32(50)40-14-4-6-25(40)33(51)39-13-3-5-24(39)28(34)46/h7-10,17,21-25H,3-6,11-16H2,1-2H3,(H2,34,46)(H,35,41)(H,36,48)(H,37,47)(H,38,49)(H,42,43)(H,44,45)(H2,52,53,54)/t17-,21-,22-,23-,24-,25-/m0/s1.